The van der Waals surface area contributed by atoms with Crippen molar-refractivity contribution in [2.24, 2.45) is 0 Å². The third-order valence-corrected chi connectivity index (χ3v) is 7.13. The van der Waals surface area contributed by atoms with Crippen molar-refractivity contribution in [3.63, 3.8) is 0 Å². The molecule has 6 nitrogen and oxygen atoms in total. The summed E-state index contributed by atoms with van der Waals surface area (Å²) in [5.41, 5.74) is 4.09. The first-order valence-electron chi connectivity index (χ1n) is 10.7. The molecule has 2 N–H and O–H groups in total. The molecular weight excluding hydrogens is 422 g/mol. The third kappa shape index (κ3) is 4.94. The molecule has 166 valence electrons. The minimum atomic E-state index is -3.84. The van der Waals surface area contributed by atoms with E-state index >= 15 is 0 Å². The molecule has 3 aromatic carbocycles. The zero-order valence-electron chi connectivity index (χ0n) is 18.3. The van der Waals surface area contributed by atoms with E-state index in [4.69, 9.17) is 0 Å². The predicted molar refractivity (Wildman–Crippen MR) is 129 cm³/mol. The number of anilines is 3. The van der Waals surface area contributed by atoms with Gasteiger partial charge in [0.05, 0.1) is 4.90 Å². The minimum absolute atomic E-state index is 0.0797. The molecular formula is C25H27N3O3S. The molecule has 1 fully saturated rings. The molecule has 4 rings (SSSR count). The fraction of sp³-hybridized carbons (Fsp3) is 0.240. The predicted octanol–water partition coefficient (Wildman–Crippen LogP) is 4.96. The number of benzene rings is 3. The van der Waals surface area contributed by atoms with E-state index in [1.54, 1.807) is 37.3 Å². The highest BCUT2D eigenvalue weighted by Crippen LogP contribution is 2.24. The lowest BCUT2D eigenvalue weighted by atomic mass is 10.1. The van der Waals surface area contributed by atoms with E-state index in [2.05, 4.69) is 14.9 Å². The normalized spacial score (nSPS) is 13.8. The van der Waals surface area contributed by atoms with Crippen molar-refractivity contribution in [1.82, 2.24) is 0 Å². The zero-order valence-corrected chi connectivity index (χ0v) is 19.1. The number of carbonyl (C=O) groups excluding carboxylic acids is 1. The number of amides is 1. The molecule has 1 aliphatic rings. The summed E-state index contributed by atoms with van der Waals surface area (Å²) in [5.74, 6) is -0.356. The number of rotatable bonds is 6. The van der Waals surface area contributed by atoms with Gasteiger partial charge >= 0.3 is 0 Å². The Balaban J connectivity index is 1.52. The van der Waals surface area contributed by atoms with Crippen LogP contribution >= 0.6 is 0 Å². The first kappa shape index (κ1) is 21.9. The lowest BCUT2D eigenvalue weighted by Gasteiger charge is -2.18. The van der Waals surface area contributed by atoms with Crippen LogP contribution in [-0.4, -0.2) is 27.4 Å². The van der Waals surface area contributed by atoms with Crippen LogP contribution in [0.25, 0.3) is 0 Å². The Labute approximate surface area is 189 Å². The zero-order chi connectivity index (χ0) is 22.7. The summed E-state index contributed by atoms with van der Waals surface area (Å²) in [6.07, 6.45) is 2.41. The third-order valence-electron chi connectivity index (χ3n) is 5.61. The fourth-order valence-corrected chi connectivity index (χ4v) is 5.20. The Morgan fingerprint density at radius 3 is 2.28 bits per heavy atom. The van der Waals surface area contributed by atoms with Gasteiger partial charge in [-0.25, -0.2) is 8.42 Å². The number of nitrogens with one attached hydrogen (secondary N) is 2. The highest BCUT2D eigenvalue weighted by Gasteiger charge is 2.20. The summed E-state index contributed by atoms with van der Waals surface area (Å²) in [7, 11) is -3.84. The molecule has 32 heavy (non-hydrogen) atoms. The van der Waals surface area contributed by atoms with Gasteiger partial charge < -0.3 is 10.2 Å². The van der Waals surface area contributed by atoms with E-state index in [0.717, 1.165) is 24.3 Å². The lowest BCUT2D eigenvalue weighted by molar-refractivity contribution is 0.102. The Hall–Kier alpha value is -3.32. The molecule has 1 aliphatic heterocycles. The minimum Gasteiger partial charge on any atom is -0.372 e. The number of nitrogens with zero attached hydrogens (tertiary/aromatic N) is 1. The van der Waals surface area contributed by atoms with Crippen LogP contribution in [-0.2, 0) is 10.0 Å². The van der Waals surface area contributed by atoms with Crippen LogP contribution in [0.4, 0.5) is 17.1 Å². The Morgan fingerprint density at radius 2 is 1.59 bits per heavy atom. The molecule has 1 saturated heterocycles. The Morgan fingerprint density at radius 1 is 0.875 bits per heavy atom. The van der Waals surface area contributed by atoms with Crippen LogP contribution in [0.3, 0.4) is 0 Å². The maximum Gasteiger partial charge on any atom is 0.262 e. The van der Waals surface area contributed by atoms with Gasteiger partial charge in [0, 0.05) is 35.7 Å². The molecule has 0 radical (unpaired) electrons. The van der Waals surface area contributed by atoms with Gasteiger partial charge in [0.1, 0.15) is 0 Å². The van der Waals surface area contributed by atoms with Gasteiger partial charge in [0.25, 0.3) is 15.9 Å². The van der Waals surface area contributed by atoms with Gasteiger partial charge in [-0.3, -0.25) is 9.52 Å². The first-order valence-corrected chi connectivity index (χ1v) is 12.2. The van der Waals surface area contributed by atoms with Crippen LogP contribution in [0.15, 0.2) is 71.6 Å². The largest absolute Gasteiger partial charge is 0.372 e. The molecule has 0 spiro atoms. The van der Waals surface area contributed by atoms with Gasteiger partial charge in [-0.15, -0.1) is 0 Å². The number of hydrogen-bond acceptors (Lipinski definition) is 4. The van der Waals surface area contributed by atoms with Gasteiger partial charge in [-0.05, 0) is 86.3 Å². The van der Waals surface area contributed by atoms with E-state index in [0.29, 0.717) is 16.9 Å². The summed E-state index contributed by atoms with van der Waals surface area (Å²) < 4.78 is 28.6. The van der Waals surface area contributed by atoms with Crippen LogP contribution in [0.1, 0.15) is 34.3 Å². The average Bonchev–Trinajstić information content (AvgIpc) is 3.29. The topological polar surface area (TPSA) is 78.5 Å². The van der Waals surface area contributed by atoms with Crippen molar-refractivity contribution in [2.75, 3.05) is 28.0 Å². The van der Waals surface area contributed by atoms with Crippen LogP contribution < -0.4 is 14.9 Å². The maximum atomic E-state index is 13.0. The second kappa shape index (κ2) is 9.04. The van der Waals surface area contributed by atoms with E-state index in [9.17, 15) is 13.2 Å². The van der Waals surface area contributed by atoms with Crippen molar-refractivity contribution in [2.45, 2.75) is 31.6 Å². The van der Waals surface area contributed by atoms with Crippen molar-refractivity contribution < 1.29 is 13.2 Å². The molecule has 0 saturated carbocycles. The average molecular weight is 450 g/mol. The number of hydrogen-bond donors (Lipinski definition) is 2. The molecule has 3 aromatic rings. The molecule has 0 aromatic heterocycles. The highest BCUT2D eigenvalue weighted by atomic mass is 32.2. The summed E-state index contributed by atoms with van der Waals surface area (Å²) in [5, 5.41) is 2.86. The molecule has 0 bridgehead atoms. The monoisotopic (exact) mass is 449 g/mol. The Bertz CT molecular complexity index is 1230. The van der Waals surface area contributed by atoms with Crippen LogP contribution in [0, 0.1) is 13.8 Å². The maximum absolute atomic E-state index is 13.0. The fourth-order valence-electron chi connectivity index (χ4n) is 3.88. The van der Waals surface area contributed by atoms with Crippen LogP contribution in [0.2, 0.25) is 0 Å². The summed E-state index contributed by atoms with van der Waals surface area (Å²) >= 11 is 0. The molecule has 7 heteroatoms. The number of carbonyl (C=O) groups is 1. The first-order chi connectivity index (χ1) is 15.3. The van der Waals surface area contributed by atoms with Crippen molar-refractivity contribution >= 4 is 33.0 Å². The van der Waals surface area contributed by atoms with Gasteiger partial charge in [0.2, 0.25) is 0 Å². The molecule has 0 atom stereocenters. The van der Waals surface area contributed by atoms with Crippen molar-refractivity contribution in [3.8, 4) is 0 Å². The summed E-state index contributed by atoms with van der Waals surface area (Å²) in [4.78, 5) is 15.2. The van der Waals surface area contributed by atoms with E-state index < -0.39 is 10.0 Å². The van der Waals surface area contributed by atoms with E-state index in [-0.39, 0.29) is 16.4 Å². The van der Waals surface area contributed by atoms with Crippen molar-refractivity contribution in [3.05, 3.63) is 83.4 Å². The van der Waals surface area contributed by atoms with E-state index in [1.165, 1.54) is 18.9 Å². The smallest absolute Gasteiger partial charge is 0.262 e. The second-order valence-electron chi connectivity index (χ2n) is 8.15. The molecule has 0 unspecified atom stereocenters. The van der Waals surface area contributed by atoms with Gasteiger partial charge in [-0.2, -0.15) is 0 Å². The quantitative estimate of drug-likeness (QED) is 0.558. The molecule has 1 amide bonds. The summed E-state index contributed by atoms with van der Waals surface area (Å²) in [6.45, 7) is 5.72. The van der Waals surface area contributed by atoms with E-state index in [1.807, 2.05) is 37.3 Å². The van der Waals surface area contributed by atoms with Crippen molar-refractivity contribution in [1.29, 1.82) is 0 Å². The van der Waals surface area contributed by atoms with Gasteiger partial charge in [-0.1, -0.05) is 18.2 Å². The highest BCUT2D eigenvalue weighted by molar-refractivity contribution is 7.92. The number of aryl methyl sites for hydroxylation is 2. The van der Waals surface area contributed by atoms with Crippen LogP contribution in [0.5, 0.6) is 0 Å². The Kier molecular flexibility index (Phi) is 6.19. The SMILES string of the molecule is Cc1cccc(NS(=O)(=O)c2cc(C(=O)Nc3ccc(N4CCCC4)cc3)ccc2C)c1. The number of sulfonamides is 1. The standard InChI is InChI=1S/C25H27N3O3S/c1-18-6-5-7-22(16-18)27-32(30,31)24-17-20(9-8-19(24)2)25(29)26-21-10-12-23(13-11-21)28-14-3-4-15-28/h5-13,16-17,27H,3-4,14-15H2,1-2H3,(H,26,29). The second-order valence-corrected chi connectivity index (χ2v) is 9.80. The molecule has 0 aliphatic carbocycles. The van der Waals surface area contributed by atoms with Gasteiger partial charge in [0.15, 0.2) is 0 Å². The molecule has 1 heterocycles. The lowest BCUT2D eigenvalue weighted by Crippen LogP contribution is -2.18. The summed E-state index contributed by atoms with van der Waals surface area (Å²) in [6, 6.07) is 19.6.